The van der Waals surface area contributed by atoms with Crippen molar-refractivity contribution in [1.29, 1.82) is 0 Å². The number of likely N-dealkylation sites (N-methyl/N-ethyl adjacent to an activating group) is 1. The Kier molecular flexibility index (Phi) is 8.01. The highest BCUT2D eigenvalue weighted by Gasteiger charge is 2.14. The van der Waals surface area contributed by atoms with E-state index in [0.29, 0.717) is 6.54 Å². The van der Waals surface area contributed by atoms with Gasteiger partial charge in [0, 0.05) is 6.54 Å². The molecule has 0 aromatic heterocycles. The van der Waals surface area contributed by atoms with E-state index in [0.717, 1.165) is 44.9 Å². The molecule has 0 saturated carbocycles. The standard InChI is InChI=1S/C14H29N3O/c1-3-4-8-16-14(18)12-17(2)11-7-13-5-9-15-10-6-13/h13,15H,3-12H2,1-2H3,(H,16,18). The first-order valence-electron chi connectivity index (χ1n) is 7.38. The Balaban J connectivity index is 2.04. The first kappa shape index (κ1) is 15.4. The molecular formula is C14H29N3O. The smallest absolute Gasteiger partial charge is 0.234 e. The Labute approximate surface area is 111 Å². The summed E-state index contributed by atoms with van der Waals surface area (Å²) in [4.78, 5) is 13.8. The van der Waals surface area contributed by atoms with Gasteiger partial charge in [-0.05, 0) is 58.3 Å². The summed E-state index contributed by atoms with van der Waals surface area (Å²) >= 11 is 0. The van der Waals surface area contributed by atoms with Gasteiger partial charge in [0.05, 0.1) is 6.54 Å². The number of carbonyl (C=O) groups excluding carboxylic acids is 1. The highest BCUT2D eigenvalue weighted by atomic mass is 16.2. The topological polar surface area (TPSA) is 44.4 Å². The van der Waals surface area contributed by atoms with Crippen molar-refractivity contribution >= 4 is 5.91 Å². The molecule has 18 heavy (non-hydrogen) atoms. The van der Waals surface area contributed by atoms with Crippen LogP contribution in [0.15, 0.2) is 0 Å². The van der Waals surface area contributed by atoms with E-state index in [9.17, 15) is 4.79 Å². The van der Waals surface area contributed by atoms with Gasteiger partial charge in [-0.25, -0.2) is 0 Å². The minimum Gasteiger partial charge on any atom is -0.355 e. The molecule has 4 heteroatoms. The second-order valence-corrected chi connectivity index (χ2v) is 5.42. The summed E-state index contributed by atoms with van der Waals surface area (Å²) in [6, 6.07) is 0. The summed E-state index contributed by atoms with van der Waals surface area (Å²) in [6.45, 7) is 6.84. The molecule has 1 fully saturated rings. The molecule has 0 unspecified atom stereocenters. The number of amides is 1. The van der Waals surface area contributed by atoms with Crippen molar-refractivity contribution in [2.45, 2.75) is 39.0 Å². The third-order valence-corrected chi connectivity index (χ3v) is 3.64. The average Bonchev–Trinajstić information content (AvgIpc) is 2.38. The molecule has 4 nitrogen and oxygen atoms in total. The van der Waals surface area contributed by atoms with Crippen molar-refractivity contribution in [1.82, 2.24) is 15.5 Å². The number of hydrogen-bond acceptors (Lipinski definition) is 3. The molecule has 1 aliphatic heterocycles. The molecule has 0 aromatic rings. The first-order chi connectivity index (χ1) is 8.72. The van der Waals surface area contributed by atoms with Crippen LogP contribution in [0.1, 0.15) is 39.0 Å². The average molecular weight is 255 g/mol. The minimum absolute atomic E-state index is 0.163. The van der Waals surface area contributed by atoms with Crippen molar-refractivity contribution in [3.8, 4) is 0 Å². The molecular weight excluding hydrogens is 226 g/mol. The molecule has 0 spiro atoms. The number of nitrogens with zero attached hydrogens (tertiary/aromatic N) is 1. The van der Waals surface area contributed by atoms with Crippen LogP contribution in [0, 0.1) is 5.92 Å². The number of unbranched alkanes of at least 4 members (excludes halogenated alkanes) is 1. The van der Waals surface area contributed by atoms with Crippen molar-refractivity contribution in [2.24, 2.45) is 5.92 Å². The van der Waals surface area contributed by atoms with Crippen LogP contribution in [-0.4, -0.2) is 50.6 Å². The lowest BCUT2D eigenvalue weighted by Gasteiger charge is -2.25. The van der Waals surface area contributed by atoms with E-state index in [-0.39, 0.29) is 5.91 Å². The van der Waals surface area contributed by atoms with Gasteiger partial charge in [0.2, 0.25) is 5.91 Å². The van der Waals surface area contributed by atoms with Gasteiger partial charge in [0.1, 0.15) is 0 Å². The fraction of sp³-hybridized carbons (Fsp3) is 0.929. The molecule has 1 heterocycles. The second-order valence-electron chi connectivity index (χ2n) is 5.42. The van der Waals surface area contributed by atoms with Crippen LogP contribution in [0.5, 0.6) is 0 Å². The van der Waals surface area contributed by atoms with E-state index in [2.05, 4.69) is 22.5 Å². The van der Waals surface area contributed by atoms with Crippen molar-refractivity contribution < 1.29 is 4.79 Å². The van der Waals surface area contributed by atoms with E-state index in [1.807, 2.05) is 7.05 Å². The maximum atomic E-state index is 11.6. The second kappa shape index (κ2) is 9.34. The molecule has 2 N–H and O–H groups in total. The molecule has 1 amide bonds. The highest BCUT2D eigenvalue weighted by molar-refractivity contribution is 5.77. The summed E-state index contributed by atoms with van der Waals surface area (Å²) in [6.07, 6.45) is 6.00. The molecule has 1 aliphatic rings. The fourth-order valence-electron chi connectivity index (χ4n) is 2.36. The van der Waals surface area contributed by atoms with Gasteiger partial charge in [-0.1, -0.05) is 13.3 Å². The van der Waals surface area contributed by atoms with E-state index in [4.69, 9.17) is 0 Å². The van der Waals surface area contributed by atoms with Crippen LogP contribution in [0.2, 0.25) is 0 Å². The summed E-state index contributed by atoms with van der Waals surface area (Å²) in [7, 11) is 2.04. The molecule has 0 radical (unpaired) electrons. The summed E-state index contributed by atoms with van der Waals surface area (Å²) in [5.41, 5.74) is 0. The summed E-state index contributed by atoms with van der Waals surface area (Å²) in [5, 5.41) is 6.35. The lowest BCUT2D eigenvalue weighted by atomic mass is 9.94. The number of hydrogen-bond donors (Lipinski definition) is 2. The van der Waals surface area contributed by atoms with Gasteiger partial charge in [-0.2, -0.15) is 0 Å². The lowest BCUT2D eigenvalue weighted by Crippen LogP contribution is -2.37. The van der Waals surface area contributed by atoms with Crippen LogP contribution in [0.4, 0.5) is 0 Å². The van der Waals surface area contributed by atoms with Crippen molar-refractivity contribution in [3.05, 3.63) is 0 Å². The normalized spacial score (nSPS) is 17.1. The molecule has 0 aromatic carbocycles. The fourth-order valence-corrected chi connectivity index (χ4v) is 2.36. The van der Waals surface area contributed by atoms with Crippen LogP contribution >= 0.6 is 0 Å². The first-order valence-corrected chi connectivity index (χ1v) is 7.38. The molecule has 1 rings (SSSR count). The Morgan fingerprint density at radius 2 is 2.11 bits per heavy atom. The minimum atomic E-state index is 0.163. The SMILES string of the molecule is CCCCNC(=O)CN(C)CCC1CCNCC1. The van der Waals surface area contributed by atoms with Crippen molar-refractivity contribution in [2.75, 3.05) is 39.8 Å². The number of carbonyl (C=O) groups is 1. The monoisotopic (exact) mass is 255 g/mol. The number of nitrogens with one attached hydrogen (secondary N) is 2. The van der Waals surface area contributed by atoms with Gasteiger partial charge in [-0.3, -0.25) is 9.69 Å². The zero-order chi connectivity index (χ0) is 13.2. The van der Waals surface area contributed by atoms with E-state index in [1.54, 1.807) is 0 Å². The molecule has 0 bridgehead atoms. The van der Waals surface area contributed by atoms with Crippen LogP contribution < -0.4 is 10.6 Å². The Hall–Kier alpha value is -0.610. The molecule has 0 aliphatic carbocycles. The van der Waals surface area contributed by atoms with Gasteiger partial charge < -0.3 is 10.6 Å². The van der Waals surface area contributed by atoms with E-state index >= 15 is 0 Å². The van der Waals surface area contributed by atoms with Gasteiger partial charge in [0.15, 0.2) is 0 Å². The van der Waals surface area contributed by atoms with E-state index < -0.39 is 0 Å². The highest BCUT2D eigenvalue weighted by Crippen LogP contribution is 2.15. The predicted molar refractivity (Wildman–Crippen MR) is 75.6 cm³/mol. The summed E-state index contributed by atoms with van der Waals surface area (Å²) in [5.74, 6) is 1.01. The van der Waals surface area contributed by atoms with Gasteiger partial charge in [0.25, 0.3) is 0 Å². The number of piperidine rings is 1. The lowest BCUT2D eigenvalue weighted by molar-refractivity contribution is -0.122. The van der Waals surface area contributed by atoms with Gasteiger partial charge >= 0.3 is 0 Å². The van der Waals surface area contributed by atoms with Crippen LogP contribution in [0.25, 0.3) is 0 Å². The van der Waals surface area contributed by atoms with Crippen molar-refractivity contribution in [3.63, 3.8) is 0 Å². The molecule has 106 valence electrons. The zero-order valence-electron chi connectivity index (χ0n) is 12.0. The zero-order valence-corrected chi connectivity index (χ0v) is 12.0. The Morgan fingerprint density at radius 3 is 2.78 bits per heavy atom. The third kappa shape index (κ3) is 6.97. The quantitative estimate of drug-likeness (QED) is 0.641. The van der Waals surface area contributed by atoms with Gasteiger partial charge in [-0.15, -0.1) is 0 Å². The Morgan fingerprint density at radius 1 is 1.39 bits per heavy atom. The molecule has 0 atom stereocenters. The molecule has 1 saturated heterocycles. The largest absolute Gasteiger partial charge is 0.355 e. The van der Waals surface area contributed by atoms with E-state index in [1.165, 1.54) is 19.3 Å². The Bertz CT molecular complexity index is 227. The number of rotatable bonds is 8. The third-order valence-electron chi connectivity index (χ3n) is 3.64. The predicted octanol–water partition coefficient (Wildman–Crippen LogP) is 1.22. The maximum Gasteiger partial charge on any atom is 0.234 e. The van der Waals surface area contributed by atoms with Crippen LogP contribution in [0.3, 0.4) is 0 Å². The maximum absolute atomic E-state index is 11.6. The summed E-state index contributed by atoms with van der Waals surface area (Å²) < 4.78 is 0. The van der Waals surface area contributed by atoms with Crippen LogP contribution in [-0.2, 0) is 4.79 Å².